The van der Waals surface area contributed by atoms with Crippen molar-refractivity contribution < 1.29 is 4.79 Å². The topological polar surface area (TPSA) is 57.8 Å². The molecule has 0 radical (unpaired) electrons. The van der Waals surface area contributed by atoms with Crippen LogP contribution in [0.2, 0.25) is 0 Å². The predicted octanol–water partition coefficient (Wildman–Crippen LogP) is 5.16. The number of hydrogen-bond donors (Lipinski definition) is 2. The summed E-state index contributed by atoms with van der Waals surface area (Å²) in [6, 6.07) is 15.2. The third kappa shape index (κ3) is 3.71. The predicted molar refractivity (Wildman–Crippen MR) is 98.6 cm³/mol. The smallest absolute Gasteiger partial charge is 0.273 e. The summed E-state index contributed by atoms with van der Waals surface area (Å²) in [5, 5.41) is 9.88. The lowest BCUT2D eigenvalue weighted by molar-refractivity contribution is 0.102. The summed E-state index contributed by atoms with van der Waals surface area (Å²) >= 11 is 6.81. The number of H-pyrrole nitrogens is 1. The molecule has 6 heteroatoms. The van der Waals surface area contributed by atoms with Crippen LogP contribution in [-0.4, -0.2) is 16.1 Å². The van der Waals surface area contributed by atoms with Gasteiger partial charge in [0, 0.05) is 20.2 Å². The standard InChI is InChI=1S/C17H13Br2N3O/c1-10-8-13(19)6-7-14(10)20-17(23)16-9-15(21-22-16)11-2-4-12(18)5-3-11/h2-9H,1H3,(H,20,23)(H,21,22). The van der Waals surface area contributed by atoms with Crippen molar-refractivity contribution in [3.05, 3.63) is 68.7 Å². The molecule has 3 rings (SSSR count). The number of carbonyl (C=O) groups excluding carboxylic acids is 1. The molecule has 0 saturated carbocycles. The van der Waals surface area contributed by atoms with Crippen LogP contribution in [0.25, 0.3) is 11.3 Å². The minimum atomic E-state index is -0.216. The number of hydrogen-bond acceptors (Lipinski definition) is 2. The summed E-state index contributed by atoms with van der Waals surface area (Å²) in [4.78, 5) is 12.3. The number of benzene rings is 2. The second-order valence-electron chi connectivity index (χ2n) is 5.09. The van der Waals surface area contributed by atoms with Crippen molar-refractivity contribution in [2.45, 2.75) is 6.92 Å². The second kappa shape index (κ2) is 6.68. The van der Waals surface area contributed by atoms with Crippen LogP contribution >= 0.6 is 31.9 Å². The van der Waals surface area contributed by atoms with E-state index in [1.807, 2.05) is 49.4 Å². The molecule has 0 unspecified atom stereocenters. The third-order valence-corrected chi connectivity index (χ3v) is 4.42. The summed E-state index contributed by atoms with van der Waals surface area (Å²) in [6.45, 7) is 1.95. The molecule has 0 bridgehead atoms. The van der Waals surface area contributed by atoms with Crippen LogP contribution < -0.4 is 5.32 Å². The van der Waals surface area contributed by atoms with Gasteiger partial charge in [0.1, 0.15) is 5.69 Å². The lowest BCUT2D eigenvalue weighted by atomic mass is 10.1. The molecule has 1 amide bonds. The van der Waals surface area contributed by atoms with E-state index < -0.39 is 0 Å². The van der Waals surface area contributed by atoms with Gasteiger partial charge in [0.15, 0.2) is 0 Å². The number of rotatable bonds is 3. The highest BCUT2D eigenvalue weighted by Crippen LogP contribution is 2.22. The zero-order valence-corrected chi connectivity index (χ0v) is 15.4. The molecular formula is C17H13Br2N3O. The molecule has 116 valence electrons. The van der Waals surface area contributed by atoms with Crippen LogP contribution in [0.3, 0.4) is 0 Å². The van der Waals surface area contributed by atoms with Gasteiger partial charge in [-0.1, -0.05) is 44.0 Å². The molecule has 0 spiro atoms. The van der Waals surface area contributed by atoms with E-state index in [9.17, 15) is 4.79 Å². The molecule has 3 aromatic rings. The van der Waals surface area contributed by atoms with E-state index in [2.05, 4.69) is 47.4 Å². The van der Waals surface area contributed by atoms with E-state index >= 15 is 0 Å². The summed E-state index contributed by atoms with van der Waals surface area (Å²) in [5.74, 6) is -0.216. The number of aromatic nitrogens is 2. The number of nitrogens with one attached hydrogen (secondary N) is 2. The van der Waals surface area contributed by atoms with E-state index in [-0.39, 0.29) is 5.91 Å². The lowest BCUT2D eigenvalue weighted by Gasteiger charge is -2.07. The molecule has 1 aromatic heterocycles. The van der Waals surface area contributed by atoms with Crippen LogP contribution in [0.4, 0.5) is 5.69 Å². The SMILES string of the molecule is Cc1cc(Br)ccc1NC(=O)c1cc(-c2ccc(Br)cc2)n[nH]1. The van der Waals surface area contributed by atoms with Crippen LogP contribution in [0, 0.1) is 6.92 Å². The normalized spacial score (nSPS) is 10.6. The van der Waals surface area contributed by atoms with Gasteiger partial charge in [0.2, 0.25) is 0 Å². The number of amides is 1. The number of aryl methyl sites for hydroxylation is 1. The van der Waals surface area contributed by atoms with Gasteiger partial charge in [-0.25, -0.2) is 0 Å². The zero-order valence-electron chi connectivity index (χ0n) is 12.2. The van der Waals surface area contributed by atoms with E-state index in [1.54, 1.807) is 6.07 Å². The highest BCUT2D eigenvalue weighted by molar-refractivity contribution is 9.10. The molecule has 0 aliphatic carbocycles. The number of aromatic amines is 1. The number of halogens is 2. The van der Waals surface area contributed by atoms with Gasteiger partial charge in [-0.3, -0.25) is 9.89 Å². The van der Waals surface area contributed by atoms with E-state index in [0.29, 0.717) is 5.69 Å². The molecule has 4 nitrogen and oxygen atoms in total. The van der Waals surface area contributed by atoms with Gasteiger partial charge in [0.05, 0.1) is 5.69 Å². The lowest BCUT2D eigenvalue weighted by Crippen LogP contribution is -2.13. The average Bonchev–Trinajstić information content (AvgIpc) is 3.01. The molecule has 0 aliphatic heterocycles. The highest BCUT2D eigenvalue weighted by Gasteiger charge is 2.12. The minimum Gasteiger partial charge on any atom is -0.320 e. The van der Waals surface area contributed by atoms with Gasteiger partial charge in [-0.2, -0.15) is 5.10 Å². The fourth-order valence-corrected chi connectivity index (χ4v) is 2.90. The number of carbonyl (C=O) groups is 1. The van der Waals surface area contributed by atoms with Crippen molar-refractivity contribution in [1.29, 1.82) is 0 Å². The number of anilines is 1. The maximum atomic E-state index is 12.3. The third-order valence-electron chi connectivity index (χ3n) is 3.40. The van der Waals surface area contributed by atoms with Crippen molar-refractivity contribution in [3.63, 3.8) is 0 Å². The minimum absolute atomic E-state index is 0.216. The number of nitrogens with zero attached hydrogens (tertiary/aromatic N) is 1. The van der Waals surface area contributed by atoms with E-state index in [0.717, 1.165) is 31.5 Å². The Kier molecular flexibility index (Phi) is 4.63. The largest absolute Gasteiger partial charge is 0.320 e. The van der Waals surface area contributed by atoms with E-state index in [4.69, 9.17) is 0 Å². The Bertz CT molecular complexity index is 857. The highest BCUT2D eigenvalue weighted by atomic mass is 79.9. The Morgan fingerprint density at radius 3 is 2.43 bits per heavy atom. The zero-order chi connectivity index (χ0) is 16.4. The van der Waals surface area contributed by atoms with E-state index in [1.165, 1.54) is 0 Å². The molecule has 0 aliphatic rings. The van der Waals surface area contributed by atoms with Gasteiger partial charge < -0.3 is 5.32 Å². The van der Waals surface area contributed by atoms with Gasteiger partial charge in [0.25, 0.3) is 5.91 Å². The molecule has 2 N–H and O–H groups in total. The molecular weight excluding hydrogens is 422 g/mol. The van der Waals surface area contributed by atoms with Crippen LogP contribution in [0.5, 0.6) is 0 Å². The molecule has 2 aromatic carbocycles. The summed E-state index contributed by atoms with van der Waals surface area (Å²) in [6.07, 6.45) is 0. The van der Waals surface area contributed by atoms with Crippen LogP contribution in [0.1, 0.15) is 16.1 Å². The van der Waals surface area contributed by atoms with Gasteiger partial charge >= 0.3 is 0 Å². The first-order valence-electron chi connectivity index (χ1n) is 6.92. The molecule has 0 fully saturated rings. The maximum absolute atomic E-state index is 12.3. The monoisotopic (exact) mass is 433 g/mol. The Labute approximate surface area is 150 Å². The van der Waals surface area contributed by atoms with Crippen molar-refractivity contribution >= 4 is 43.5 Å². The van der Waals surface area contributed by atoms with Crippen molar-refractivity contribution in [1.82, 2.24) is 10.2 Å². The van der Waals surface area contributed by atoms with Gasteiger partial charge in [-0.05, 0) is 48.9 Å². The quantitative estimate of drug-likeness (QED) is 0.597. The molecule has 23 heavy (non-hydrogen) atoms. The summed E-state index contributed by atoms with van der Waals surface area (Å²) < 4.78 is 1.98. The van der Waals surface area contributed by atoms with Crippen LogP contribution in [-0.2, 0) is 0 Å². The Morgan fingerprint density at radius 2 is 1.74 bits per heavy atom. The first-order chi connectivity index (χ1) is 11.0. The molecule has 1 heterocycles. The Hall–Kier alpha value is -1.92. The molecule has 0 atom stereocenters. The molecule has 0 saturated heterocycles. The van der Waals surface area contributed by atoms with Crippen molar-refractivity contribution in [3.8, 4) is 11.3 Å². The van der Waals surface area contributed by atoms with Crippen molar-refractivity contribution in [2.75, 3.05) is 5.32 Å². The first kappa shape index (κ1) is 16.0. The Morgan fingerprint density at radius 1 is 1.04 bits per heavy atom. The second-order valence-corrected chi connectivity index (χ2v) is 6.92. The first-order valence-corrected chi connectivity index (χ1v) is 8.50. The van der Waals surface area contributed by atoms with Crippen molar-refractivity contribution in [2.24, 2.45) is 0 Å². The van der Waals surface area contributed by atoms with Gasteiger partial charge in [-0.15, -0.1) is 0 Å². The maximum Gasteiger partial charge on any atom is 0.273 e. The fraction of sp³-hybridized carbons (Fsp3) is 0.0588. The summed E-state index contributed by atoms with van der Waals surface area (Å²) in [5.41, 5.74) is 3.86. The van der Waals surface area contributed by atoms with Crippen LogP contribution in [0.15, 0.2) is 57.5 Å². The average molecular weight is 435 g/mol. The fourth-order valence-electron chi connectivity index (χ4n) is 2.16. The Balaban J connectivity index is 1.79. The summed E-state index contributed by atoms with van der Waals surface area (Å²) in [7, 11) is 0.